The highest BCUT2D eigenvalue weighted by atomic mass is 32.2. The van der Waals surface area contributed by atoms with Gasteiger partial charge in [0.2, 0.25) is 0 Å². The first-order chi connectivity index (χ1) is 10.6. The van der Waals surface area contributed by atoms with E-state index in [0.717, 1.165) is 11.1 Å². The third-order valence-corrected chi connectivity index (χ3v) is 4.38. The number of alkyl halides is 3. The van der Waals surface area contributed by atoms with Crippen molar-refractivity contribution in [3.63, 3.8) is 0 Å². The molecule has 1 aromatic rings. The molecule has 1 N–H and O–H groups in total. The third-order valence-electron chi connectivity index (χ3n) is 3.39. The Hall–Kier alpha value is -1.54. The molecule has 1 heterocycles. The molecular weight excluding hydrogens is 329 g/mol. The van der Waals surface area contributed by atoms with Crippen LogP contribution in [-0.2, 0) is 10.5 Å². The van der Waals surface area contributed by atoms with Crippen LogP contribution in [0.1, 0.15) is 24.5 Å². The number of rotatable bonds is 4. The van der Waals surface area contributed by atoms with Crippen LogP contribution < -0.4 is 0 Å². The first-order valence-corrected chi connectivity index (χ1v) is 8.08. The predicted molar refractivity (Wildman–Crippen MR) is 82.9 cm³/mol. The molecule has 0 saturated heterocycles. The lowest BCUT2D eigenvalue weighted by Gasteiger charge is -2.32. The fraction of sp³-hybridized carbons (Fsp3) is 0.467. The normalized spacial score (nSPS) is 21.5. The molecule has 1 atom stereocenters. The van der Waals surface area contributed by atoms with Crippen molar-refractivity contribution in [1.82, 2.24) is 5.01 Å². The van der Waals surface area contributed by atoms with Gasteiger partial charge < -0.3 is 5.11 Å². The molecule has 0 fully saturated rings. The molecule has 0 bridgehead atoms. The topological polar surface area (TPSA) is 52.9 Å². The zero-order valence-corrected chi connectivity index (χ0v) is 13.5. The maximum Gasteiger partial charge on any atom is 0.438 e. The van der Waals surface area contributed by atoms with Crippen molar-refractivity contribution in [1.29, 1.82) is 0 Å². The molecule has 0 radical (unpaired) electrons. The molecule has 4 nitrogen and oxygen atoms in total. The Balaban J connectivity index is 1.99. The van der Waals surface area contributed by atoms with Crippen molar-refractivity contribution in [3.05, 3.63) is 35.4 Å². The molecule has 2 rings (SSSR count). The summed E-state index contributed by atoms with van der Waals surface area (Å²) in [5, 5.41) is 13.6. The third kappa shape index (κ3) is 3.87. The van der Waals surface area contributed by atoms with Crippen LogP contribution in [0.5, 0.6) is 0 Å². The number of hydrogen-bond acceptors (Lipinski definition) is 4. The minimum absolute atomic E-state index is 0.0712. The number of aryl methyl sites for hydroxylation is 1. The average Bonchev–Trinajstić information content (AvgIpc) is 2.75. The van der Waals surface area contributed by atoms with Gasteiger partial charge in [-0.1, -0.05) is 29.8 Å². The summed E-state index contributed by atoms with van der Waals surface area (Å²) in [4.78, 5) is 12.0. The van der Waals surface area contributed by atoms with Gasteiger partial charge in [0.25, 0.3) is 11.6 Å². The number of amides is 1. The number of benzene rings is 1. The van der Waals surface area contributed by atoms with Crippen molar-refractivity contribution < 1.29 is 23.1 Å². The van der Waals surface area contributed by atoms with Crippen LogP contribution in [0.15, 0.2) is 29.4 Å². The maximum atomic E-state index is 13.0. The molecule has 1 aromatic carbocycles. The van der Waals surface area contributed by atoms with E-state index in [1.165, 1.54) is 18.7 Å². The van der Waals surface area contributed by atoms with E-state index in [9.17, 15) is 23.1 Å². The molecule has 126 valence electrons. The van der Waals surface area contributed by atoms with Gasteiger partial charge in [-0.15, -0.1) is 11.8 Å². The van der Waals surface area contributed by atoms with Gasteiger partial charge in [-0.3, -0.25) is 4.79 Å². The van der Waals surface area contributed by atoms with Crippen LogP contribution in [0.4, 0.5) is 13.2 Å². The average molecular weight is 346 g/mol. The largest absolute Gasteiger partial charge is 0.438 e. The van der Waals surface area contributed by atoms with Crippen LogP contribution in [0.2, 0.25) is 0 Å². The van der Waals surface area contributed by atoms with Gasteiger partial charge in [-0.25, -0.2) is 0 Å². The van der Waals surface area contributed by atoms with Gasteiger partial charge in [-0.05, 0) is 19.4 Å². The summed E-state index contributed by atoms with van der Waals surface area (Å²) in [5.74, 6) is -0.559. The van der Waals surface area contributed by atoms with E-state index in [4.69, 9.17) is 0 Å². The zero-order valence-electron chi connectivity index (χ0n) is 12.7. The SMILES string of the molecule is CC1=NN(C(=O)CSCc2cccc(C)c2)[C@@](O)(C(F)(F)F)C1. The highest BCUT2D eigenvalue weighted by molar-refractivity contribution is 7.99. The van der Waals surface area contributed by atoms with E-state index in [-0.39, 0.29) is 16.5 Å². The Bertz CT molecular complexity index is 633. The van der Waals surface area contributed by atoms with Crippen molar-refractivity contribution >= 4 is 23.4 Å². The quantitative estimate of drug-likeness (QED) is 0.911. The number of thioether (sulfide) groups is 1. The van der Waals surface area contributed by atoms with E-state index in [1.807, 2.05) is 31.2 Å². The molecule has 0 aromatic heterocycles. The summed E-state index contributed by atoms with van der Waals surface area (Å²) in [7, 11) is 0. The van der Waals surface area contributed by atoms with Gasteiger partial charge >= 0.3 is 6.18 Å². The monoisotopic (exact) mass is 346 g/mol. The van der Waals surface area contributed by atoms with Crippen LogP contribution in [0.25, 0.3) is 0 Å². The van der Waals surface area contributed by atoms with Crippen molar-refractivity contribution in [3.8, 4) is 0 Å². The van der Waals surface area contributed by atoms with Crippen LogP contribution in [-0.4, -0.2) is 39.4 Å². The predicted octanol–water partition coefficient (Wildman–Crippen LogP) is 3.09. The van der Waals surface area contributed by atoms with Gasteiger partial charge in [0.05, 0.1) is 5.75 Å². The molecule has 23 heavy (non-hydrogen) atoms. The Morgan fingerprint density at radius 1 is 1.43 bits per heavy atom. The number of hydrogen-bond donors (Lipinski definition) is 1. The lowest BCUT2D eigenvalue weighted by molar-refractivity contribution is -0.301. The van der Waals surface area contributed by atoms with E-state index in [2.05, 4.69) is 5.10 Å². The molecule has 1 aliphatic rings. The highest BCUT2D eigenvalue weighted by Gasteiger charge is 2.62. The molecule has 0 saturated carbocycles. The smallest absolute Gasteiger partial charge is 0.362 e. The second-order valence-corrected chi connectivity index (χ2v) is 6.50. The molecule has 1 aliphatic heterocycles. The van der Waals surface area contributed by atoms with Crippen molar-refractivity contribution in [2.75, 3.05) is 5.75 Å². The Morgan fingerprint density at radius 2 is 2.13 bits per heavy atom. The lowest BCUT2D eigenvalue weighted by atomic mass is 10.1. The van der Waals surface area contributed by atoms with Crippen molar-refractivity contribution in [2.24, 2.45) is 5.10 Å². The summed E-state index contributed by atoms with van der Waals surface area (Å²) < 4.78 is 39.1. The summed E-state index contributed by atoms with van der Waals surface area (Å²) in [6, 6.07) is 7.64. The molecule has 0 spiro atoms. The molecule has 8 heteroatoms. The van der Waals surface area contributed by atoms with E-state index in [1.54, 1.807) is 0 Å². The molecule has 1 amide bonds. The standard InChI is InChI=1S/C15H17F3N2O2S/c1-10-4-3-5-12(6-10)8-23-9-13(21)20-14(22,15(16,17)18)7-11(2)19-20/h3-6,22H,7-9H2,1-2H3/t14-/m0/s1. The second-order valence-electron chi connectivity index (χ2n) is 5.51. The number of hydrazone groups is 1. The minimum atomic E-state index is -4.95. The van der Waals surface area contributed by atoms with Gasteiger partial charge in [0.1, 0.15) is 0 Å². The summed E-state index contributed by atoms with van der Waals surface area (Å²) in [5.41, 5.74) is -1.12. The number of carbonyl (C=O) groups excluding carboxylic acids is 1. The number of carbonyl (C=O) groups is 1. The summed E-state index contributed by atoms with van der Waals surface area (Å²) >= 11 is 1.18. The van der Waals surface area contributed by atoms with Gasteiger partial charge in [0.15, 0.2) is 0 Å². The van der Waals surface area contributed by atoms with Crippen LogP contribution in [0.3, 0.4) is 0 Å². The van der Waals surface area contributed by atoms with Gasteiger partial charge in [0, 0.05) is 17.9 Å². The fourth-order valence-electron chi connectivity index (χ4n) is 2.32. The summed E-state index contributed by atoms with van der Waals surface area (Å²) in [6.45, 7) is 3.29. The van der Waals surface area contributed by atoms with Crippen LogP contribution in [0, 0.1) is 6.92 Å². The van der Waals surface area contributed by atoms with E-state index in [0.29, 0.717) is 5.75 Å². The Kier molecular flexibility index (Phi) is 5.05. The Morgan fingerprint density at radius 3 is 2.74 bits per heavy atom. The first-order valence-electron chi connectivity index (χ1n) is 6.93. The van der Waals surface area contributed by atoms with Crippen molar-refractivity contribution in [2.45, 2.75) is 37.9 Å². The number of nitrogens with zero attached hydrogens (tertiary/aromatic N) is 2. The number of aliphatic hydroxyl groups is 1. The van der Waals surface area contributed by atoms with E-state index >= 15 is 0 Å². The van der Waals surface area contributed by atoms with Crippen LogP contribution >= 0.6 is 11.8 Å². The first kappa shape index (κ1) is 17.8. The molecular formula is C15H17F3N2O2S. The van der Waals surface area contributed by atoms with E-state index < -0.39 is 24.2 Å². The summed E-state index contributed by atoms with van der Waals surface area (Å²) in [6.07, 6.45) is -5.67. The molecule has 0 unspecified atom stereocenters. The number of halogens is 3. The van der Waals surface area contributed by atoms with Gasteiger partial charge in [-0.2, -0.15) is 23.3 Å². The maximum absolute atomic E-state index is 13.0. The second kappa shape index (κ2) is 6.52. The molecule has 0 aliphatic carbocycles. The minimum Gasteiger partial charge on any atom is -0.362 e. The Labute approximate surface area is 136 Å². The lowest BCUT2D eigenvalue weighted by Crippen LogP contribution is -2.57. The zero-order chi connectivity index (χ0) is 17.3. The fourth-order valence-corrected chi connectivity index (χ4v) is 3.14. The highest BCUT2D eigenvalue weighted by Crippen LogP contribution is 2.40.